The first-order chi connectivity index (χ1) is 12.7. The zero-order chi connectivity index (χ0) is 18.4. The van der Waals surface area contributed by atoms with Crippen molar-refractivity contribution < 1.29 is 9.53 Å². The minimum atomic E-state index is -0.0500. The second-order valence-corrected chi connectivity index (χ2v) is 7.10. The zero-order valence-corrected chi connectivity index (χ0v) is 15.7. The fourth-order valence-electron chi connectivity index (χ4n) is 2.78. The van der Waals surface area contributed by atoms with E-state index in [1.807, 2.05) is 17.7 Å². The van der Waals surface area contributed by atoms with Gasteiger partial charge in [-0.1, -0.05) is 17.8 Å². The number of nitrogens with one attached hydrogen (secondary N) is 1. The number of hydrogen-bond donors (Lipinski definition) is 1. The second kappa shape index (κ2) is 9.00. The Bertz CT molecular complexity index is 750. The van der Waals surface area contributed by atoms with E-state index in [9.17, 15) is 4.79 Å². The summed E-state index contributed by atoms with van der Waals surface area (Å²) in [5.74, 6) is 1.06. The minimum absolute atomic E-state index is 0.0500. The van der Waals surface area contributed by atoms with Gasteiger partial charge in [0.2, 0.25) is 5.91 Å². The number of aromatic nitrogens is 5. The van der Waals surface area contributed by atoms with Gasteiger partial charge in [-0.25, -0.2) is 0 Å². The van der Waals surface area contributed by atoms with Gasteiger partial charge in [-0.05, 0) is 25.8 Å². The smallest absolute Gasteiger partial charge is 0.230 e. The predicted octanol–water partition coefficient (Wildman–Crippen LogP) is 1.40. The molecule has 0 aromatic carbocycles. The number of carbonyl (C=O) groups is 1. The van der Waals surface area contributed by atoms with E-state index in [1.165, 1.54) is 11.8 Å². The summed E-state index contributed by atoms with van der Waals surface area (Å²) in [5.41, 5.74) is 1.06. The highest BCUT2D eigenvalue weighted by atomic mass is 32.2. The molecule has 1 amide bonds. The van der Waals surface area contributed by atoms with Crippen LogP contribution >= 0.6 is 11.8 Å². The molecule has 0 radical (unpaired) electrons. The van der Waals surface area contributed by atoms with Gasteiger partial charge in [-0.3, -0.25) is 9.48 Å². The topological polar surface area (TPSA) is 86.9 Å². The first-order valence-corrected chi connectivity index (χ1v) is 9.68. The Morgan fingerprint density at radius 2 is 2.42 bits per heavy atom. The van der Waals surface area contributed by atoms with Crippen molar-refractivity contribution in [3.05, 3.63) is 36.4 Å². The van der Waals surface area contributed by atoms with Crippen LogP contribution in [0.1, 0.15) is 24.4 Å². The summed E-state index contributed by atoms with van der Waals surface area (Å²) in [5, 5.41) is 16.5. The first-order valence-electron chi connectivity index (χ1n) is 8.70. The maximum Gasteiger partial charge on any atom is 0.230 e. The molecule has 3 heterocycles. The fraction of sp³-hybridized carbons (Fsp3) is 0.529. The highest BCUT2D eigenvalue weighted by Gasteiger charge is 2.22. The van der Waals surface area contributed by atoms with Crippen LogP contribution < -0.4 is 5.32 Å². The summed E-state index contributed by atoms with van der Waals surface area (Å²) >= 11 is 1.38. The van der Waals surface area contributed by atoms with Gasteiger partial charge in [-0.2, -0.15) is 5.10 Å². The Morgan fingerprint density at radius 3 is 3.12 bits per heavy atom. The van der Waals surface area contributed by atoms with Gasteiger partial charge in [-0.15, -0.1) is 16.8 Å². The lowest BCUT2D eigenvalue weighted by Gasteiger charge is -2.15. The second-order valence-electron chi connectivity index (χ2n) is 6.16. The lowest BCUT2D eigenvalue weighted by atomic mass is 10.2. The quantitative estimate of drug-likeness (QED) is 0.526. The fourth-order valence-corrected chi connectivity index (χ4v) is 3.58. The van der Waals surface area contributed by atoms with Crippen LogP contribution in [0.25, 0.3) is 0 Å². The van der Waals surface area contributed by atoms with Crippen molar-refractivity contribution >= 4 is 17.7 Å². The summed E-state index contributed by atoms with van der Waals surface area (Å²) in [6.07, 6.45) is 5.70. The van der Waals surface area contributed by atoms with Crippen LogP contribution in [-0.2, 0) is 22.6 Å². The van der Waals surface area contributed by atoms with Gasteiger partial charge in [0.05, 0.1) is 18.4 Å². The molecule has 1 N–H and O–H groups in total. The van der Waals surface area contributed by atoms with Crippen molar-refractivity contribution in [2.24, 2.45) is 0 Å². The van der Waals surface area contributed by atoms with Crippen LogP contribution in [0.4, 0.5) is 0 Å². The highest BCUT2D eigenvalue weighted by Crippen LogP contribution is 2.22. The standard InChI is InChI=1S/C17H24N6O2S/c1-3-7-18-16(24)12-26-17-21-20-15(11-23-13(2)6-8-19-23)22(17)10-14-5-4-9-25-14/h3,6,8,14H,1,4-5,7,9-12H2,2H3,(H,18,24)/t14-/m1/s1. The summed E-state index contributed by atoms with van der Waals surface area (Å²) in [4.78, 5) is 11.9. The zero-order valence-electron chi connectivity index (χ0n) is 14.9. The Morgan fingerprint density at radius 1 is 1.54 bits per heavy atom. The van der Waals surface area contributed by atoms with E-state index < -0.39 is 0 Å². The van der Waals surface area contributed by atoms with Crippen molar-refractivity contribution in [1.29, 1.82) is 0 Å². The summed E-state index contributed by atoms with van der Waals surface area (Å²) in [6.45, 7) is 8.11. The largest absolute Gasteiger partial charge is 0.376 e. The predicted molar refractivity (Wildman–Crippen MR) is 99.0 cm³/mol. The molecule has 8 nitrogen and oxygen atoms in total. The van der Waals surface area contributed by atoms with E-state index in [2.05, 4.69) is 31.8 Å². The number of aryl methyl sites for hydroxylation is 1. The van der Waals surface area contributed by atoms with Gasteiger partial charge >= 0.3 is 0 Å². The third kappa shape index (κ3) is 4.73. The van der Waals surface area contributed by atoms with Gasteiger partial charge < -0.3 is 14.6 Å². The van der Waals surface area contributed by atoms with E-state index in [0.717, 1.165) is 36.1 Å². The summed E-state index contributed by atoms with van der Waals surface area (Å²) < 4.78 is 9.72. The molecule has 1 saturated heterocycles. The number of thioether (sulfide) groups is 1. The van der Waals surface area contributed by atoms with E-state index in [4.69, 9.17) is 4.74 Å². The number of ether oxygens (including phenoxy) is 1. The number of carbonyl (C=O) groups excluding carboxylic acids is 1. The van der Waals surface area contributed by atoms with Gasteiger partial charge in [0.25, 0.3) is 0 Å². The van der Waals surface area contributed by atoms with E-state index >= 15 is 0 Å². The molecule has 0 unspecified atom stereocenters. The third-order valence-electron chi connectivity index (χ3n) is 4.20. The molecule has 1 aliphatic heterocycles. The van der Waals surface area contributed by atoms with Gasteiger partial charge in [0.15, 0.2) is 11.0 Å². The molecule has 2 aromatic rings. The van der Waals surface area contributed by atoms with Gasteiger partial charge in [0.1, 0.15) is 6.54 Å². The average Bonchev–Trinajstić information content (AvgIpc) is 3.36. The number of amides is 1. The number of rotatable bonds is 9. The molecule has 0 bridgehead atoms. The molecule has 3 rings (SSSR count). The average molecular weight is 376 g/mol. The van der Waals surface area contributed by atoms with Crippen molar-refractivity contribution in [2.75, 3.05) is 18.9 Å². The van der Waals surface area contributed by atoms with E-state index in [0.29, 0.717) is 19.6 Å². The first kappa shape index (κ1) is 18.7. The highest BCUT2D eigenvalue weighted by molar-refractivity contribution is 7.99. The lowest BCUT2D eigenvalue weighted by molar-refractivity contribution is -0.118. The normalized spacial score (nSPS) is 16.7. The minimum Gasteiger partial charge on any atom is -0.376 e. The van der Waals surface area contributed by atoms with Crippen LogP contribution in [0, 0.1) is 6.92 Å². The monoisotopic (exact) mass is 376 g/mol. The Hall–Kier alpha value is -2.13. The molecule has 1 aliphatic rings. The molecule has 9 heteroatoms. The van der Waals surface area contributed by atoms with Crippen molar-refractivity contribution in [3.8, 4) is 0 Å². The maximum atomic E-state index is 11.9. The molecular formula is C17H24N6O2S. The van der Waals surface area contributed by atoms with E-state index in [-0.39, 0.29) is 17.8 Å². The molecule has 0 spiro atoms. The maximum absolute atomic E-state index is 11.9. The summed E-state index contributed by atoms with van der Waals surface area (Å²) in [7, 11) is 0. The number of hydrogen-bond acceptors (Lipinski definition) is 6. The van der Waals surface area contributed by atoms with Crippen LogP contribution in [0.5, 0.6) is 0 Å². The lowest BCUT2D eigenvalue weighted by Crippen LogP contribution is -2.25. The van der Waals surface area contributed by atoms with Crippen LogP contribution in [0.2, 0.25) is 0 Å². The Labute approximate surface area is 157 Å². The molecule has 0 saturated carbocycles. The molecule has 2 aromatic heterocycles. The molecule has 140 valence electrons. The van der Waals surface area contributed by atoms with Crippen LogP contribution in [-0.4, -0.2) is 55.5 Å². The van der Waals surface area contributed by atoms with Crippen molar-refractivity contribution in [2.45, 2.75) is 44.1 Å². The van der Waals surface area contributed by atoms with Gasteiger partial charge in [0, 0.05) is 25.0 Å². The number of nitrogens with zero attached hydrogens (tertiary/aromatic N) is 5. The summed E-state index contributed by atoms with van der Waals surface area (Å²) in [6, 6.07) is 1.96. The molecule has 1 fully saturated rings. The third-order valence-corrected chi connectivity index (χ3v) is 5.17. The van der Waals surface area contributed by atoms with Crippen LogP contribution in [0.3, 0.4) is 0 Å². The Kier molecular flexibility index (Phi) is 6.45. The molecule has 0 aliphatic carbocycles. The van der Waals surface area contributed by atoms with Crippen molar-refractivity contribution in [1.82, 2.24) is 29.9 Å². The van der Waals surface area contributed by atoms with E-state index in [1.54, 1.807) is 12.3 Å². The molecule has 1 atom stereocenters. The van der Waals surface area contributed by atoms with Crippen LogP contribution in [0.15, 0.2) is 30.1 Å². The van der Waals surface area contributed by atoms with Crippen molar-refractivity contribution in [3.63, 3.8) is 0 Å². The molecule has 26 heavy (non-hydrogen) atoms. The molecular weight excluding hydrogens is 352 g/mol. The Balaban J connectivity index is 1.73. The SMILES string of the molecule is C=CCNC(=O)CSc1nnc(Cn2nccc2C)n1C[C@H]1CCCO1.